The predicted octanol–water partition coefficient (Wildman–Crippen LogP) is 2.16. The fourth-order valence-corrected chi connectivity index (χ4v) is 5.25. The van der Waals surface area contributed by atoms with E-state index in [0.29, 0.717) is 42.7 Å². The summed E-state index contributed by atoms with van der Waals surface area (Å²) >= 11 is 0. The SMILES string of the molecule is O=C(c1cnc2cccnn12)N1C[C@H]2C[C@@H](n3cnc4ccccc43)[C@H](O)C[C@H]2C1. The van der Waals surface area contributed by atoms with Crippen LogP contribution in [0.25, 0.3) is 16.7 Å². The van der Waals surface area contributed by atoms with Crippen LogP contribution in [0.3, 0.4) is 0 Å². The molecule has 2 aliphatic rings. The maximum Gasteiger partial charge on any atom is 0.274 e. The minimum Gasteiger partial charge on any atom is -0.391 e. The van der Waals surface area contributed by atoms with E-state index in [1.165, 1.54) is 0 Å². The summed E-state index contributed by atoms with van der Waals surface area (Å²) in [5.74, 6) is 0.618. The van der Waals surface area contributed by atoms with Crippen molar-refractivity contribution in [1.29, 1.82) is 0 Å². The molecule has 1 N–H and O–H groups in total. The Kier molecular flexibility index (Phi) is 3.89. The van der Waals surface area contributed by atoms with Crippen LogP contribution in [-0.2, 0) is 0 Å². The van der Waals surface area contributed by atoms with Crippen LogP contribution < -0.4 is 0 Å². The molecule has 0 spiro atoms. The number of nitrogens with zero attached hydrogens (tertiary/aromatic N) is 6. The van der Waals surface area contributed by atoms with Crippen molar-refractivity contribution in [2.45, 2.75) is 25.0 Å². The minimum atomic E-state index is -0.448. The average molecular weight is 402 g/mol. The summed E-state index contributed by atoms with van der Waals surface area (Å²) in [6.45, 7) is 1.36. The molecule has 0 radical (unpaired) electrons. The van der Waals surface area contributed by atoms with Crippen molar-refractivity contribution in [3.8, 4) is 0 Å². The highest BCUT2D eigenvalue weighted by atomic mass is 16.3. The Morgan fingerprint density at radius 3 is 2.77 bits per heavy atom. The van der Waals surface area contributed by atoms with Gasteiger partial charge < -0.3 is 14.6 Å². The lowest BCUT2D eigenvalue weighted by molar-refractivity contribution is 0.0374. The molecule has 1 amide bonds. The maximum atomic E-state index is 13.2. The fourth-order valence-electron chi connectivity index (χ4n) is 5.25. The average Bonchev–Trinajstić information content (AvgIpc) is 3.48. The molecule has 8 nitrogen and oxygen atoms in total. The van der Waals surface area contributed by atoms with E-state index in [-0.39, 0.29) is 11.9 Å². The van der Waals surface area contributed by atoms with Crippen molar-refractivity contribution in [1.82, 2.24) is 29.0 Å². The number of imidazole rings is 2. The summed E-state index contributed by atoms with van der Waals surface area (Å²) in [6.07, 6.45) is 6.17. The van der Waals surface area contributed by atoms with Crippen LogP contribution in [0.2, 0.25) is 0 Å². The molecule has 1 aromatic carbocycles. The zero-order valence-electron chi connectivity index (χ0n) is 16.4. The number of hydrogen-bond donors (Lipinski definition) is 1. The summed E-state index contributed by atoms with van der Waals surface area (Å²) in [5.41, 5.74) is 3.14. The molecule has 8 heteroatoms. The largest absolute Gasteiger partial charge is 0.391 e. The number of likely N-dealkylation sites (tertiary alicyclic amines) is 1. The minimum absolute atomic E-state index is 0.0221. The predicted molar refractivity (Wildman–Crippen MR) is 110 cm³/mol. The molecule has 3 aromatic heterocycles. The van der Waals surface area contributed by atoms with Crippen molar-refractivity contribution >= 4 is 22.6 Å². The van der Waals surface area contributed by atoms with Gasteiger partial charge >= 0.3 is 0 Å². The van der Waals surface area contributed by atoms with Gasteiger partial charge in [0, 0.05) is 19.3 Å². The number of hydrogen-bond acceptors (Lipinski definition) is 5. The van der Waals surface area contributed by atoms with Gasteiger partial charge in [0.15, 0.2) is 11.3 Å². The first kappa shape index (κ1) is 17.6. The van der Waals surface area contributed by atoms with E-state index in [1.807, 2.05) is 47.6 Å². The Morgan fingerprint density at radius 2 is 1.87 bits per heavy atom. The van der Waals surface area contributed by atoms with Crippen LogP contribution in [0, 0.1) is 11.8 Å². The topological polar surface area (TPSA) is 88.6 Å². The highest BCUT2D eigenvalue weighted by molar-refractivity contribution is 5.93. The van der Waals surface area contributed by atoms with Crippen molar-refractivity contribution in [2.24, 2.45) is 11.8 Å². The fraction of sp³-hybridized carbons (Fsp3) is 0.364. The molecule has 30 heavy (non-hydrogen) atoms. The normalized spacial score (nSPS) is 26.4. The van der Waals surface area contributed by atoms with Gasteiger partial charge in [-0.3, -0.25) is 4.79 Å². The molecule has 1 saturated carbocycles. The first-order chi connectivity index (χ1) is 14.7. The molecule has 4 atom stereocenters. The lowest BCUT2D eigenvalue weighted by atomic mass is 9.77. The highest BCUT2D eigenvalue weighted by Crippen LogP contribution is 2.42. The Balaban J connectivity index is 1.25. The highest BCUT2D eigenvalue weighted by Gasteiger charge is 2.44. The number of para-hydroxylation sites is 2. The molecular formula is C22H22N6O2. The molecule has 2 fully saturated rings. The number of fused-ring (bicyclic) bond motifs is 3. The van der Waals surface area contributed by atoms with Gasteiger partial charge in [-0.05, 0) is 48.9 Å². The molecular weight excluding hydrogens is 380 g/mol. The molecule has 152 valence electrons. The van der Waals surface area contributed by atoms with Crippen molar-refractivity contribution in [3.05, 3.63) is 60.8 Å². The van der Waals surface area contributed by atoms with E-state index in [4.69, 9.17) is 0 Å². The number of aliphatic hydroxyl groups is 1. The third-order valence-corrected chi connectivity index (χ3v) is 6.73. The summed E-state index contributed by atoms with van der Waals surface area (Å²) in [7, 11) is 0. The van der Waals surface area contributed by atoms with Crippen LogP contribution >= 0.6 is 0 Å². The molecule has 0 bridgehead atoms. The van der Waals surface area contributed by atoms with E-state index in [1.54, 1.807) is 16.9 Å². The van der Waals surface area contributed by atoms with Gasteiger partial charge in [-0.1, -0.05) is 12.1 Å². The lowest BCUT2D eigenvalue weighted by Gasteiger charge is -2.36. The quantitative estimate of drug-likeness (QED) is 0.555. The number of rotatable bonds is 2. The summed E-state index contributed by atoms with van der Waals surface area (Å²) in [5, 5.41) is 15.2. The van der Waals surface area contributed by atoms with Gasteiger partial charge in [0.05, 0.1) is 35.7 Å². The van der Waals surface area contributed by atoms with Crippen LogP contribution in [0.4, 0.5) is 0 Å². The number of carbonyl (C=O) groups excluding carboxylic acids is 1. The molecule has 1 aliphatic heterocycles. The standard InChI is InChI=1S/C22H22N6O2/c29-20-9-15-12-26(22(30)19-10-23-21-6-3-7-25-28(19)21)11-14(15)8-18(20)27-13-24-16-4-1-2-5-17(16)27/h1-7,10,13-15,18,20,29H,8-9,11-12H2/t14-,15+,18-,20-/m1/s1. The van der Waals surface area contributed by atoms with Gasteiger partial charge in [0.2, 0.25) is 0 Å². The molecule has 1 aliphatic carbocycles. The van der Waals surface area contributed by atoms with Crippen LogP contribution in [0.5, 0.6) is 0 Å². The zero-order valence-corrected chi connectivity index (χ0v) is 16.4. The number of carbonyl (C=O) groups is 1. The van der Waals surface area contributed by atoms with Crippen LogP contribution in [0.1, 0.15) is 29.4 Å². The van der Waals surface area contributed by atoms with Crippen LogP contribution in [0.15, 0.2) is 55.1 Å². The second kappa shape index (κ2) is 6.63. The summed E-state index contributed by atoms with van der Waals surface area (Å²) < 4.78 is 3.70. The molecule has 4 aromatic rings. The van der Waals surface area contributed by atoms with Gasteiger partial charge in [-0.15, -0.1) is 0 Å². The van der Waals surface area contributed by atoms with Crippen molar-refractivity contribution in [3.63, 3.8) is 0 Å². The monoisotopic (exact) mass is 402 g/mol. The van der Waals surface area contributed by atoms with Crippen LogP contribution in [-0.4, -0.2) is 59.3 Å². The zero-order chi connectivity index (χ0) is 20.2. The van der Waals surface area contributed by atoms with E-state index in [2.05, 4.69) is 19.6 Å². The second-order valence-corrected chi connectivity index (χ2v) is 8.41. The first-order valence-electron chi connectivity index (χ1n) is 10.4. The summed E-state index contributed by atoms with van der Waals surface area (Å²) in [6, 6.07) is 11.6. The third kappa shape index (κ3) is 2.64. The molecule has 6 rings (SSSR count). The van der Waals surface area contributed by atoms with Crippen molar-refractivity contribution < 1.29 is 9.90 Å². The molecule has 1 saturated heterocycles. The Bertz CT molecular complexity index is 1250. The van der Waals surface area contributed by atoms with Gasteiger partial charge in [0.1, 0.15) is 0 Å². The lowest BCUT2D eigenvalue weighted by Crippen LogP contribution is -2.36. The molecule has 4 heterocycles. The van der Waals surface area contributed by atoms with Crippen molar-refractivity contribution in [2.75, 3.05) is 13.1 Å². The van der Waals surface area contributed by atoms with Gasteiger partial charge in [0.25, 0.3) is 5.91 Å². The first-order valence-corrected chi connectivity index (χ1v) is 10.4. The van der Waals surface area contributed by atoms with Gasteiger partial charge in [-0.25, -0.2) is 14.5 Å². The van der Waals surface area contributed by atoms with E-state index in [0.717, 1.165) is 17.5 Å². The Morgan fingerprint density at radius 1 is 1.03 bits per heavy atom. The number of aliphatic hydroxyl groups excluding tert-OH is 1. The molecule has 0 unspecified atom stereocenters. The summed E-state index contributed by atoms with van der Waals surface area (Å²) in [4.78, 5) is 23.9. The second-order valence-electron chi connectivity index (χ2n) is 8.41. The van der Waals surface area contributed by atoms with E-state index < -0.39 is 6.10 Å². The van der Waals surface area contributed by atoms with E-state index >= 15 is 0 Å². The third-order valence-electron chi connectivity index (χ3n) is 6.73. The Hall–Kier alpha value is -3.26. The number of amides is 1. The smallest absolute Gasteiger partial charge is 0.274 e. The number of benzene rings is 1. The van der Waals surface area contributed by atoms with E-state index in [9.17, 15) is 9.90 Å². The maximum absolute atomic E-state index is 13.2. The Labute approximate surface area is 172 Å². The van der Waals surface area contributed by atoms with Gasteiger partial charge in [-0.2, -0.15) is 5.10 Å². The number of aromatic nitrogens is 5.